The van der Waals surface area contributed by atoms with Gasteiger partial charge in [0.15, 0.2) is 0 Å². The van der Waals surface area contributed by atoms with Gasteiger partial charge < -0.3 is 11.1 Å². The number of carbonyl (C=O) groups is 1. The van der Waals surface area contributed by atoms with E-state index in [0.29, 0.717) is 6.42 Å². The number of nitrogens with one attached hydrogen (secondary N) is 1. The van der Waals surface area contributed by atoms with E-state index in [2.05, 4.69) is 5.32 Å². The van der Waals surface area contributed by atoms with E-state index in [9.17, 15) is 18.0 Å². The molecule has 1 unspecified atom stereocenters. The number of amides is 1. The van der Waals surface area contributed by atoms with Gasteiger partial charge in [0.2, 0.25) is 5.91 Å². The predicted molar refractivity (Wildman–Crippen MR) is 75.0 cm³/mol. The lowest BCUT2D eigenvalue weighted by Gasteiger charge is -2.15. The molecule has 3 N–H and O–H groups in total. The Labute approximate surface area is 122 Å². The molecule has 0 aliphatic heterocycles. The minimum Gasteiger partial charge on any atom is -0.324 e. The molecule has 0 radical (unpaired) electrons. The Kier molecular flexibility index (Phi) is 7.60. The van der Waals surface area contributed by atoms with Crippen LogP contribution in [-0.4, -0.2) is 18.1 Å². The van der Waals surface area contributed by atoms with Crippen LogP contribution in [-0.2, 0) is 11.2 Å². The van der Waals surface area contributed by atoms with Crippen molar-refractivity contribution in [3.8, 4) is 0 Å². The number of hydrogen-bond donors (Lipinski definition) is 2. The molecule has 7 heteroatoms. The Bertz CT molecular complexity index is 438. The first-order valence-electron chi connectivity index (χ1n) is 6.04. The van der Waals surface area contributed by atoms with Crippen LogP contribution in [0.2, 0.25) is 0 Å². The lowest BCUT2D eigenvalue weighted by molar-refractivity contribution is -0.127. The molecule has 1 aromatic rings. The maximum atomic E-state index is 12.4. The lowest BCUT2D eigenvalue weighted by atomic mass is 10.1. The third-order valence-corrected chi connectivity index (χ3v) is 2.60. The quantitative estimate of drug-likeness (QED) is 0.877. The molecular formula is C13H18ClF3N2O. The van der Waals surface area contributed by atoms with Crippen LogP contribution in [0.3, 0.4) is 0 Å². The summed E-state index contributed by atoms with van der Waals surface area (Å²) in [5.41, 5.74) is 5.82. The molecule has 114 valence electrons. The molecule has 0 aliphatic carbocycles. The Morgan fingerprint density at radius 2 is 1.95 bits per heavy atom. The second kappa shape index (κ2) is 8.11. The lowest BCUT2D eigenvalue weighted by Crippen LogP contribution is -2.35. The van der Waals surface area contributed by atoms with Crippen molar-refractivity contribution in [3.05, 3.63) is 29.8 Å². The van der Waals surface area contributed by atoms with Gasteiger partial charge in [-0.15, -0.1) is 12.4 Å². The zero-order chi connectivity index (χ0) is 14.5. The van der Waals surface area contributed by atoms with Gasteiger partial charge in [-0.25, -0.2) is 0 Å². The van der Waals surface area contributed by atoms with Gasteiger partial charge >= 0.3 is 6.18 Å². The Balaban J connectivity index is 0.00000361. The van der Waals surface area contributed by atoms with E-state index in [1.54, 1.807) is 6.07 Å². The first-order valence-corrected chi connectivity index (χ1v) is 6.04. The number of rotatable bonds is 5. The maximum absolute atomic E-state index is 12.4. The van der Waals surface area contributed by atoms with Gasteiger partial charge in [0.05, 0.1) is 12.5 Å². The second-order valence-corrected chi connectivity index (χ2v) is 4.33. The van der Waals surface area contributed by atoms with Gasteiger partial charge in [0, 0.05) is 5.69 Å². The molecule has 0 saturated heterocycles. The van der Waals surface area contributed by atoms with Crippen molar-refractivity contribution in [1.82, 2.24) is 0 Å². The molecule has 1 amide bonds. The zero-order valence-electron chi connectivity index (χ0n) is 11.0. The molecule has 0 bridgehead atoms. The molecule has 20 heavy (non-hydrogen) atoms. The summed E-state index contributed by atoms with van der Waals surface area (Å²) in [6, 6.07) is 5.15. The van der Waals surface area contributed by atoms with E-state index in [0.717, 1.165) is 6.42 Å². The Morgan fingerprint density at radius 3 is 2.50 bits per heavy atom. The highest BCUT2D eigenvalue weighted by atomic mass is 35.5. The summed E-state index contributed by atoms with van der Waals surface area (Å²) >= 11 is 0. The number of carbonyl (C=O) groups excluding carboxylic acids is 1. The molecule has 0 aliphatic rings. The van der Waals surface area contributed by atoms with Crippen LogP contribution in [0.5, 0.6) is 0 Å². The summed E-state index contributed by atoms with van der Waals surface area (Å²) in [7, 11) is 0. The fourth-order valence-corrected chi connectivity index (χ4v) is 1.68. The summed E-state index contributed by atoms with van der Waals surface area (Å²) in [4.78, 5) is 11.7. The van der Waals surface area contributed by atoms with Crippen LogP contribution in [0, 0.1) is 0 Å². The molecule has 1 aromatic carbocycles. The number of para-hydroxylation sites is 1. The fourth-order valence-electron chi connectivity index (χ4n) is 1.68. The van der Waals surface area contributed by atoms with E-state index >= 15 is 0 Å². The average molecular weight is 311 g/mol. The second-order valence-electron chi connectivity index (χ2n) is 4.33. The first-order chi connectivity index (χ1) is 8.83. The summed E-state index contributed by atoms with van der Waals surface area (Å²) in [6.07, 6.45) is -4.16. The minimum absolute atomic E-state index is 0. The third kappa shape index (κ3) is 6.25. The van der Waals surface area contributed by atoms with Crippen molar-refractivity contribution in [3.63, 3.8) is 0 Å². The third-order valence-electron chi connectivity index (χ3n) is 2.60. The number of hydrogen-bond acceptors (Lipinski definition) is 2. The van der Waals surface area contributed by atoms with Gasteiger partial charge in [-0.2, -0.15) is 13.2 Å². The van der Waals surface area contributed by atoms with Gasteiger partial charge in [0.1, 0.15) is 0 Å². The highest BCUT2D eigenvalue weighted by molar-refractivity contribution is 5.95. The number of alkyl halides is 3. The van der Waals surface area contributed by atoms with Crippen LogP contribution < -0.4 is 11.1 Å². The molecule has 0 spiro atoms. The van der Waals surface area contributed by atoms with E-state index in [4.69, 9.17) is 5.73 Å². The van der Waals surface area contributed by atoms with Crippen LogP contribution in [0.1, 0.15) is 25.3 Å². The van der Waals surface area contributed by atoms with Crippen molar-refractivity contribution in [2.24, 2.45) is 5.73 Å². The minimum atomic E-state index is -4.31. The molecule has 1 rings (SSSR count). The van der Waals surface area contributed by atoms with Crippen molar-refractivity contribution in [2.75, 3.05) is 5.32 Å². The smallest absolute Gasteiger partial charge is 0.324 e. The standard InChI is InChI=1S/C13H17F3N2O.ClH/c1-2-5-10(17)12(19)18-11-7-4-3-6-9(11)8-13(14,15)16;/h3-4,6-7,10H,2,5,8,17H2,1H3,(H,18,19);1H. The number of halogens is 4. The molecule has 1 atom stereocenters. The van der Waals surface area contributed by atoms with E-state index in [1.807, 2.05) is 6.92 Å². The average Bonchev–Trinajstić information content (AvgIpc) is 2.30. The van der Waals surface area contributed by atoms with Crippen LogP contribution in [0.25, 0.3) is 0 Å². The van der Waals surface area contributed by atoms with Crippen molar-refractivity contribution >= 4 is 24.0 Å². The van der Waals surface area contributed by atoms with Gasteiger partial charge in [-0.3, -0.25) is 4.79 Å². The van der Waals surface area contributed by atoms with Crippen molar-refractivity contribution in [2.45, 2.75) is 38.4 Å². The van der Waals surface area contributed by atoms with Gasteiger partial charge in [-0.05, 0) is 18.1 Å². The van der Waals surface area contributed by atoms with E-state index < -0.39 is 24.5 Å². The first kappa shape index (κ1) is 18.7. The topological polar surface area (TPSA) is 55.1 Å². The SMILES string of the molecule is CCCC(N)C(=O)Nc1ccccc1CC(F)(F)F.Cl. The number of anilines is 1. The highest BCUT2D eigenvalue weighted by Gasteiger charge is 2.29. The van der Waals surface area contributed by atoms with Gasteiger partial charge in [0.25, 0.3) is 0 Å². The van der Waals surface area contributed by atoms with Gasteiger partial charge in [-0.1, -0.05) is 31.5 Å². The molecular weight excluding hydrogens is 293 g/mol. The molecule has 0 fully saturated rings. The largest absolute Gasteiger partial charge is 0.393 e. The monoisotopic (exact) mass is 310 g/mol. The van der Waals surface area contributed by atoms with Crippen LogP contribution >= 0.6 is 12.4 Å². The maximum Gasteiger partial charge on any atom is 0.393 e. The zero-order valence-corrected chi connectivity index (χ0v) is 11.9. The number of benzene rings is 1. The summed E-state index contributed by atoms with van der Waals surface area (Å²) in [6.45, 7) is 1.88. The molecule has 3 nitrogen and oxygen atoms in total. The summed E-state index contributed by atoms with van der Waals surface area (Å²) in [5.74, 6) is -0.462. The van der Waals surface area contributed by atoms with Crippen LogP contribution in [0.15, 0.2) is 24.3 Å². The molecule has 0 heterocycles. The summed E-state index contributed by atoms with van der Waals surface area (Å²) in [5, 5.41) is 2.45. The molecule has 0 saturated carbocycles. The predicted octanol–water partition coefficient (Wildman–Crippen LogP) is 3.28. The Morgan fingerprint density at radius 1 is 1.35 bits per heavy atom. The highest BCUT2D eigenvalue weighted by Crippen LogP contribution is 2.26. The molecule has 0 aromatic heterocycles. The van der Waals surface area contributed by atoms with E-state index in [1.165, 1.54) is 18.2 Å². The summed E-state index contributed by atoms with van der Waals surface area (Å²) < 4.78 is 37.2. The van der Waals surface area contributed by atoms with Crippen LogP contribution in [0.4, 0.5) is 18.9 Å². The Hall–Kier alpha value is -1.27. The van der Waals surface area contributed by atoms with E-state index in [-0.39, 0.29) is 23.7 Å². The number of nitrogens with two attached hydrogens (primary N) is 1. The fraction of sp³-hybridized carbons (Fsp3) is 0.462. The van der Waals surface area contributed by atoms with Crippen molar-refractivity contribution in [1.29, 1.82) is 0 Å². The normalized spacial score (nSPS) is 12.4. The van der Waals surface area contributed by atoms with Crippen molar-refractivity contribution < 1.29 is 18.0 Å².